The molecule has 5 heteroatoms. The van der Waals surface area contributed by atoms with Gasteiger partial charge in [-0.3, -0.25) is 0 Å². The summed E-state index contributed by atoms with van der Waals surface area (Å²) in [6.07, 6.45) is 4.69. The lowest BCUT2D eigenvalue weighted by molar-refractivity contribution is 0.132. The summed E-state index contributed by atoms with van der Waals surface area (Å²) in [5.41, 5.74) is 0. The Kier molecular flexibility index (Phi) is 6.96. The fourth-order valence-corrected chi connectivity index (χ4v) is 1.60. The Morgan fingerprint density at radius 1 is 1.35 bits per heavy atom. The van der Waals surface area contributed by atoms with E-state index < -0.39 is 0 Å². The Balaban J connectivity index is 2.13. The lowest BCUT2D eigenvalue weighted by Crippen LogP contribution is -2.11. The molecular weight excluding hydrogens is 234 g/mol. The highest BCUT2D eigenvalue weighted by Gasteiger charge is 1.97. The molecule has 0 saturated carbocycles. The number of hydrogen-bond acceptors (Lipinski definition) is 5. The van der Waals surface area contributed by atoms with Crippen LogP contribution < -0.4 is 5.32 Å². The molecule has 96 valence electrons. The minimum atomic E-state index is 0.703. The van der Waals surface area contributed by atoms with Crippen LogP contribution in [0.3, 0.4) is 0 Å². The number of nitrogens with zero attached hydrogens (tertiary/aromatic N) is 2. The van der Waals surface area contributed by atoms with E-state index in [1.165, 1.54) is 0 Å². The van der Waals surface area contributed by atoms with Crippen LogP contribution in [0.25, 0.3) is 0 Å². The summed E-state index contributed by atoms with van der Waals surface area (Å²) in [5, 5.41) is 4.19. The number of nitrogens with one attached hydrogen (secondary N) is 1. The van der Waals surface area contributed by atoms with Crippen molar-refractivity contribution < 1.29 is 4.74 Å². The van der Waals surface area contributed by atoms with Gasteiger partial charge in [0, 0.05) is 19.2 Å². The molecule has 0 aromatic carbocycles. The summed E-state index contributed by atoms with van der Waals surface area (Å²) in [6.45, 7) is 6.73. The van der Waals surface area contributed by atoms with E-state index in [-0.39, 0.29) is 0 Å². The standard InChI is InChI=1S/C12H21N3OS/c1-10(2)4-6-16-7-5-13-11-8-12(17-3)15-9-14-11/h8-10H,4-7H2,1-3H3,(H,13,14,15). The van der Waals surface area contributed by atoms with Crippen molar-refractivity contribution in [2.45, 2.75) is 25.3 Å². The molecule has 1 rings (SSSR count). The van der Waals surface area contributed by atoms with E-state index in [1.54, 1.807) is 18.1 Å². The maximum atomic E-state index is 5.51. The summed E-state index contributed by atoms with van der Waals surface area (Å²) in [6, 6.07) is 1.94. The highest BCUT2D eigenvalue weighted by atomic mass is 32.2. The molecule has 1 aromatic rings. The molecule has 0 aliphatic carbocycles. The smallest absolute Gasteiger partial charge is 0.130 e. The highest BCUT2D eigenvalue weighted by Crippen LogP contribution is 2.13. The van der Waals surface area contributed by atoms with Gasteiger partial charge in [0.05, 0.1) is 6.61 Å². The van der Waals surface area contributed by atoms with Crippen molar-refractivity contribution in [3.63, 3.8) is 0 Å². The van der Waals surface area contributed by atoms with Crippen molar-refractivity contribution in [1.82, 2.24) is 9.97 Å². The van der Waals surface area contributed by atoms with Gasteiger partial charge in [-0.2, -0.15) is 0 Å². The normalized spacial score (nSPS) is 10.8. The van der Waals surface area contributed by atoms with Gasteiger partial charge in [0.15, 0.2) is 0 Å². The topological polar surface area (TPSA) is 47.0 Å². The fourth-order valence-electron chi connectivity index (χ4n) is 1.22. The van der Waals surface area contributed by atoms with Crippen LogP contribution in [0, 0.1) is 5.92 Å². The number of hydrogen-bond donors (Lipinski definition) is 1. The van der Waals surface area contributed by atoms with Crippen LogP contribution in [0.1, 0.15) is 20.3 Å². The Bertz CT molecular complexity index is 320. The van der Waals surface area contributed by atoms with Crippen LogP contribution in [-0.4, -0.2) is 36.0 Å². The van der Waals surface area contributed by atoms with Gasteiger partial charge in [0.25, 0.3) is 0 Å². The van der Waals surface area contributed by atoms with E-state index >= 15 is 0 Å². The van der Waals surface area contributed by atoms with Crippen molar-refractivity contribution >= 4 is 17.6 Å². The summed E-state index contributed by atoms with van der Waals surface area (Å²) < 4.78 is 5.51. The third-order valence-electron chi connectivity index (χ3n) is 2.24. The van der Waals surface area contributed by atoms with Crippen LogP contribution >= 0.6 is 11.8 Å². The van der Waals surface area contributed by atoms with Crippen molar-refractivity contribution in [3.05, 3.63) is 12.4 Å². The van der Waals surface area contributed by atoms with E-state index in [0.29, 0.717) is 12.5 Å². The third-order valence-corrected chi connectivity index (χ3v) is 2.88. The fraction of sp³-hybridized carbons (Fsp3) is 0.667. The van der Waals surface area contributed by atoms with Gasteiger partial charge in [0.1, 0.15) is 17.2 Å². The van der Waals surface area contributed by atoms with Crippen molar-refractivity contribution in [2.75, 3.05) is 31.3 Å². The number of ether oxygens (including phenoxy) is 1. The van der Waals surface area contributed by atoms with E-state index in [9.17, 15) is 0 Å². The average Bonchev–Trinajstić information content (AvgIpc) is 2.33. The molecule has 1 aromatic heterocycles. The van der Waals surface area contributed by atoms with E-state index in [4.69, 9.17) is 4.74 Å². The highest BCUT2D eigenvalue weighted by molar-refractivity contribution is 7.98. The third kappa shape index (κ3) is 6.48. The summed E-state index contributed by atoms with van der Waals surface area (Å²) in [5.74, 6) is 1.56. The average molecular weight is 255 g/mol. The van der Waals surface area contributed by atoms with Crippen LogP contribution in [0.5, 0.6) is 0 Å². The lowest BCUT2D eigenvalue weighted by atomic mass is 10.1. The number of rotatable bonds is 8. The molecule has 0 radical (unpaired) electrons. The van der Waals surface area contributed by atoms with Gasteiger partial charge in [-0.1, -0.05) is 13.8 Å². The first kappa shape index (κ1) is 14.3. The quantitative estimate of drug-likeness (QED) is 0.439. The zero-order chi connectivity index (χ0) is 12.5. The maximum Gasteiger partial charge on any atom is 0.130 e. The molecule has 1 heterocycles. The predicted molar refractivity (Wildman–Crippen MR) is 72.6 cm³/mol. The summed E-state index contributed by atoms with van der Waals surface area (Å²) >= 11 is 1.61. The number of anilines is 1. The van der Waals surface area contributed by atoms with Gasteiger partial charge < -0.3 is 10.1 Å². The van der Waals surface area contributed by atoms with Crippen molar-refractivity contribution in [1.29, 1.82) is 0 Å². The Morgan fingerprint density at radius 2 is 2.18 bits per heavy atom. The van der Waals surface area contributed by atoms with Crippen LogP contribution in [0.4, 0.5) is 5.82 Å². The molecule has 1 N–H and O–H groups in total. The van der Waals surface area contributed by atoms with E-state index in [2.05, 4.69) is 29.1 Å². The monoisotopic (exact) mass is 255 g/mol. The second kappa shape index (κ2) is 8.31. The van der Waals surface area contributed by atoms with Gasteiger partial charge >= 0.3 is 0 Å². The van der Waals surface area contributed by atoms with Crippen LogP contribution in [0.2, 0.25) is 0 Å². The first-order valence-corrected chi connectivity index (χ1v) is 7.12. The Hall–Kier alpha value is -0.810. The zero-order valence-electron chi connectivity index (χ0n) is 10.8. The first-order chi connectivity index (χ1) is 8.22. The van der Waals surface area contributed by atoms with Gasteiger partial charge in [0.2, 0.25) is 0 Å². The second-order valence-electron chi connectivity index (χ2n) is 4.17. The molecule has 4 nitrogen and oxygen atoms in total. The molecule has 0 bridgehead atoms. The Morgan fingerprint density at radius 3 is 2.88 bits per heavy atom. The number of aromatic nitrogens is 2. The summed E-state index contributed by atoms with van der Waals surface area (Å²) in [7, 11) is 0. The molecule has 0 fully saturated rings. The number of thioether (sulfide) groups is 1. The molecule has 0 unspecified atom stereocenters. The van der Waals surface area contributed by atoms with Crippen molar-refractivity contribution in [3.8, 4) is 0 Å². The predicted octanol–water partition coefficient (Wildman–Crippen LogP) is 2.67. The molecule has 17 heavy (non-hydrogen) atoms. The molecule has 0 spiro atoms. The molecule has 0 amide bonds. The first-order valence-electron chi connectivity index (χ1n) is 5.90. The van der Waals surface area contributed by atoms with Crippen LogP contribution in [-0.2, 0) is 4.74 Å². The maximum absolute atomic E-state index is 5.51. The van der Waals surface area contributed by atoms with Gasteiger partial charge in [-0.25, -0.2) is 9.97 Å². The molecule has 0 aliphatic heterocycles. The lowest BCUT2D eigenvalue weighted by Gasteiger charge is -2.08. The van der Waals surface area contributed by atoms with E-state index in [1.807, 2.05) is 12.3 Å². The Labute approximate surface area is 108 Å². The molecule has 0 aliphatic rings. The zero-order valence-corrected chi connectivity index (χ0v) is 11.6. The largest absolute Gasteiger partial charge is 0.380 e. The van der Waals surface area contributed by atoms with Gasteiger partial charge in [-0.05, 0) is 18.6 Å². The molecular formula is C12H21N3OS. The van der Waals surface area contributed by atoms with Crippen LogP contribution in [0.15, 0.2) is 17.4 Å². The van der Waals surface area contributed by atoms with Gasteiger partial charge in [-0.15, -0.1) is 11.8 Å². The van der Waals surface area contributed by atoms with Crippen molar-refractivity contribution in [2.24, 2.45) is 5.92 Å². The minimum absolute atomic E-state index is 0.703. The minimum Gasteiger partial charge on any atom is -0.380 e. The van der Waals surface area contributed by atoms with E-state index in [0.717, 1.165) is 30.4 Å². The SMILES string of the molecule is CSc1cc(NCCOCCC(C)C)ncn1. The molecule has 0 saturated heterocycles. The summed E-state index contributed by atoms with van der Waals surface area (Å²) in [4.78, 5) is 8.26. The second-order valence-corrected chi connectivity index (χ2v) is 4.99. The molecule has 0 atom stereocenters.